The van der Waals surface area contributed by atoms with E-state index < -0.39 is 0 Å². The summed E-state index contributed by atoms with van der Waals surface area (Å²) in [7, 11) is 0. The number of nitrogens with zero attached hydrogens (tertiary/aromatic N) is 1. The highest BCUT2D eigenvalue weighted by molar-refractivity contribution is 5.78. The molecule has 0 saturated carbocycles. The summed E-state index contributed by atoms with van der Waals surface area (Å²) in [6.07, 6.45) is 0. The summed E-state index contributed by atoms with van der Waals surface area (Å²) in [5.74, 6) is 0.291. The zero-order valence-electron chi connectivity index (χ0n) is 7.05. The Morgan fingerprint density at radius 1 is 1.60 bits per heavy atom. The molecule has 0 bridgehead atoms. The van der Waals surface area contributed by atoms with Crippen LogP contribution in [0.2, 0.25) is 0 Å². The SMILES string of the molecule is [CH2]CN(CC)C(=O)C(C)C. The van der Waals surface area contributed by atoms with Gasteiger partial charge in [-0.2, -0.15) is 0 Å². The number of carbonyl (C=O) groups excluding carboxylic acids is 1. The maximum Gasteiger partial charge on any atom is 0.225 e. The van der Waals surface area contributed by atoms with Crippen molar-refractivity contribution in [1.82, 2.24) is 4.90 Å². The molecule has 2 nitrogen and oxygen atoms in total. The third-order valence-corrected chi connectivity index (χ3v) is 1.46. The molecule has 0 aliphatic carbocycles. The summed E-state index contributed by atoms with van der Waals surface area (Å²) < 4.78 is 0. The minimum absolute atomic E-state index is 0.0988. The molecule has 0 aromatic carbocycles. The molecule has 0 unspecified atom stereocenters. The molecule has 0 aliphatic heterocycles. The van der Waals surface area contributed by atoms with Crippen molar-refractivity contribution in [2.45, 2.75) is 20.8 Å². The van der Waals surface area contributed by atoms with E-state index >= 15 is 0 Å². The number of carbonyl (C=O) groups is 1. The lowest BCUT2D eigenvalue weighted by molar-refractivity contribution is -0.133. The lowest BCUT2D eigenvalue weighted by Gasteiger charge is -2.20. The lowest BCUT2D eigenvalue weighted by Crippen LogP contribution is -2.33. The van der Waals surface area contributed by atoms with E-state index in [1.807, 2.05) is 20.8 Å². The third-order valence-electron chi connectivity index (χ3n) is 1.46. The molecule has 0 aromatic rings. The molecular weight excluding hydrogens is 126 g/mol. The Hall–Kier alpha value is -0.530. The number of hydrogen-bond acceptors (Lipinski definition) is 1. The molecule has 0 aromatic heterocycles. The second-order valence-electron chi connectivity index (χ2n) is 2.57. The van der Waals surface area contributed by atoms with Crippen molar-refractivity contribution in [3.8, 4) is 0 Å². The van der Waals surface area contributed by atoms with Gasteiger partial charge in [0, 0.05) is 19.0 Å². The van der Waals surface area contributed by atoms with Gasteiger partial charge >= 0.3 is 0 Å². The van der Waals surface area contributed by atoms with Crippen molar-refractivity contribution in [2.24, 2.45) is 5.92 Å². The van der Waals surface area contributed by atoms with Crippen molar-refractivity contribution in [2.75, 3.05) is 13.1 Å². The van der Waals surface area contributed by atoms with Gasteiger partial charge in [-0.3, -0.25) is 4.79 Å². The normalized spacial score (nSPS) is 10.1. The van der Waals surface area contributed by atoms with Crippen LogP contribution in [0.1, 0.15) is 20.8 Å². The van der Waals surface area contributed by atoms with Gasteiger partial charge in [-0.05, 0) is 13.8 Å². The minimum atomic E-state index is 0.0988. The summed E-state index contributed by atoms with van der Waals surface area (Å²) in [6, 6.07) is 0. The summed E-state index contributed by atoms with van der Waals surface area (Å²) in [6.45, 7) is 10.8. The summed E-state index contributed by atoms with van der Waals surface area (Å²) in [4.78, 5) is 12.9. The molecule has 0 aliphatic rings. The van der Waals surface area contributed by atoms with Gasteiger partial charge in [-0.1, -0.05) is 13.8 Å². The predicted molar refractivity (Wildman–Crippen MR) is 42.4 cm³/mol. The van der Waals surface area contributed by atoms with Gasteiger partial charge in [0.2, 0.25) is 5.91 Å². The first-order chi connectivity index (χ1) is 4.63. The van der Waals surface area contributed by atoms with Crippen molar-refractivity contribution in [3.63, 3.8) is 0 Å². The van der Waals surface area contributed by atoms with E-state index in [-0.39, 0.29) is 11.8 Å². The molecule has 59 valence electrons. The van der Waals surface area contributed by atoms with Gasteiger partial charge in [0.25, 0.3) is 0 Å². The van der Waals surface area contributed by atoms with Crippen LogP contribution in [0.15, 0.2) is 0 Å². The topological polar surface area (TPSA) is 20.3 Å². The molecule has 10 heavy (non-hydrogen) atoms. The summed E-state index contributed by atoms with van der Waals surface area (Å²) >= 11 is 0. The molecule has 0 saturated heterocycles. The Morgan fingerprint density at radius 2 is 2.10 bits per heavy atom. The van der Waals surface area contributed by atoms with E-state index in [4.69, 9.17) is 0 Å². The fourth-order valence-corrected chi connectivity index (χ4v) is 0.789. The molecule has 0 spiro atoms. The Labute approximate surface area is 63.2 Å². The lowest BCUT2D eigenvalue weighted by atomic mass is 10.2. The van der Waals surface area contributed by atoms with Gasteiger partial charge in [0.05, 0.1) is 0 Å². The first-order valence-corrected chi connectivity index (χ1v) is 3.71. The van der Waals surface area contributed by atoms with Crippen LogP contribution in [-0.2, 0) is 4.79 Å². The smallest absolute Gasteiger partial charge is 0.225 e. The van der Waals surface area contributed by atoms with Gasteiger partial charge in [-0.15, -0.1) is 0 Å². The summed E-state index contributed by atoms with van der Waals surface area (Å²) in [5, 5.41) is 0. The predicted octanol–water partition coefficient (Wildman–Crippen LogP) is 1.32. The fraction of sp³-hybridized carbons (Fsp3) is 0.750. The Bertz CT molecular complexity index is 106. The van der Waals surface area contributed by atoms with Crippen LogP contribution in [0.25, 0.3) is 0 Å². The van der Waals surface area contributed by atoms with E-state index in [2.05, 4.69) is 6.92 Å². The maximum absolute atomic E-state index is 11.2. The van der Waals surface area contributed by atoms with Crippen LogP contribution in [0.5, 0.6) is 0 Å². The average Bonchev–Trinajstić information content (AvgIpc) is 1.90. The van der Waals surface area contributed by atoms with Gasteiger partial charge in [0.1, 0.15) is 0 Å². The Kier molecular flexibility index (Phi) is 4.08. The molecule has 1 amide bonds. The minimum Gasteiger partial charge on any atom is -0.343 e. The standard InChI is InChI=1S/C8H16NO/c1-5-9(6-2)8(10)7(3)4/h7H,1,5-6H2,2-4H3. The largest absolute Gasteiger partial charge is 0.343 e. The van der Waals surface area contributed by atoms with Crippen LogP contribution in [0.4, 0.5) is 0 Å². The maximum atomic E-state index is 11.2. The van der Waals surface area contributed by atoms with Gasteiger partial charge in [0.15, 0.2) is 0 Å². The molecule has 2 heteroatoms. The van der Waals surface area contributed by atoms with Crippen molar-refractivity contribution in [1.29, 1.82) is 0 Å². The highest BCUT2D eigenvalue weighted by Crippen LogP contribution is 1.99. The van der Waals surface area contributed by atoms with E-state index in [0.717, 1.165) is 6.54 Å². The second-order valence-corrected chi connectivity index (χ2v) is 2.57. The number of amides is 1. The zero-order chi connectivity index (χ0) is 8.15. The Morgan fingerprint density at radius 3 is 2.20 bits per heavy atom. The van der Waals surface area contributed by atoms with Crippen LogP contribution >= 0.6 is 0 Å². The number of hydrogen-bond donors (Lipinski definition) is 0. The first kappa shape index (κ1) is 9.47. The van der Waals surface area contributed by atoms with E-state index in [9.17, 15) is 4.79 Å². The highest BCUT2D eigenvalue weighted by atomic mass is 16.2. The van der Waals surface area contributed by atoms with E-state index in [1.165, 1.54) is 0 Å². The fourth-order valence-electron chi connectivity index (χ4n) is 0.789. The Balaban J connectivity index is 3.89. The van der Waals surface area contributed by atoms with Gasteiger partial charge < -0.3 is 4.90 Å². The molecule has 1 radical (unpaired) electrons. The van der Waals surface area contributed by atoms with Gasteiger partial charge in [-0.25, -0.2) is 0 Å². The monoisotopic (exact) mass is 142 g/mol. The molecule has 0 rings (SSSR count). The van der Waals surface area contributed by atoms with Crippen LogP contribution in [0, 0.1) is 12.8 Å². The summed E-state index contributed by atoms with van der Waals surface area (Å²) in [5.41, 5.74) is 0. The van der Waals surface area contributed by atoms with Crippen molar-refractivity contribution in [3.05, 3.63) is 6.92 Å². The molecule has 0 fully saturated rings. The molecule has 0 atom stereocenters. The van der Waals surface area contributed by atoms with Crippen LogP contribution in [-0.4, -0.2) is 23.9 Å². The second kappa shape index (κ2) is 4.31. The van der Waals surface area contributed by atoms with Crippen LogP contribution in [0.3, 0.4) is 0 Å². The average molecular weight is 142 g/mol. The van der Waals surface area contributed by atoms with E-state index in [0.29, 0.717) is 6.54 Å². The molecular formula is C8H16NO. The van der Waals surface area contributed by atoms with Crippen molar-refractivity contribution < 1.29 is 4.79 Å². The van der Waals surface area contributed by atoms with Crippen molar-refractivity contribution >= 4 is 5.91 Å². The van der Waals surface area contributed by atoms with E-state index in [1.54, 1.807) is 4.90 Å². The third kappa shape index (κ3) is 2.38. The number of rotatable bonds is 3. The molecule has 0 heterocycles. The zero-order valence-corrected chi connectivity index (χ0v) is 7.05. The highest BCUT2D eigenvalue weighted by Gasteiger charge is 2.12. The van der Waals surface area contributed by atoms with Crippen LogP contribution < -0.4 is 0 Å². The molecule has 0 N–H and O–H groups in total. The first-order valence-electron chi connectivity index (χ1n) is 3.71. The quantitative estimate of drug-likeness (QED) is 0.582.